The molecule has 2 atom stereocenters. The van der Waals surface area contributed by atoms with Crippen LogP contribution in [0, 0.1) is 5.92 Å². The van der Waals surface area contributed by atoms with E-state index in [1.807, 2.05) is 17.5 Å². The fraction of sp³-hybridized carbons (Fsp3) is 0.312. The third-order valence-electron chi connectivity index (χ3n) is 3.92. The Labute approximate surface area is 139 Å². The van der Waals surface area contributed by atoms with Gasteiger partial charge >= 0.3 is 5.97 Å². The van der Waals surface area contributed by atoms with Gasteiger partial charge in [-0.3, -0.25) is 9.52 Å². The Kier molecular flexibility index (Phi) is 4.41. The Balaban J connectivity index is 1.58. The van der Waals surface area contributed by atoms with Crippen molar-refractivity contribution in [1.82, 2.24) is 0 Å². The first-order chi connectivity index (χ1) is 10.9. The highest BCUT2D eigenvalue weighted by Crippen LogP contribution is 2.47. The van der Waals surface area contributed by atoms with E-state index in [1.54, 1.807) is 35.6 Å². The van der Waals surface area contributed by atoms with Gasteiger partial charge in [0.25, 0.3) is 0 Å². The number of rotatable bonds is 7. The Morgan fingerprint density at radius 3 is 2.57 bits per heavy atom. The zero-order chi connectivity index (χ0) is 16.4. The lowest BCUT2D eigenvalue weighted by atomic mass is 10.1. The first-order valence-electron chi connectivity index (χ1n) is 7.30. The topological polar surface area (TPSA) is 83.5 Å². The van der Waals surface area contributed by atoms with Gasteiger partial charge < -0.3 is 5.11 Å². The zero-order valence-electron chi connectivity index (χ0n) is 12.3. The Hall–Kier alpha value is -1.86. The molecule has 0 saturated heterocycles. The maximum atomic E-state index is 12.1. The lowest BCUT2D eigenvalue weighted by Gasteiger charge is -2.08. The van der Waals surface area contributed by atoms with Gasteiger partial charge in [-0.05, 0) is 47.9 Å². The number of thiophene rings is 1. The van der Waals surface area contributed by atoms with Crippen molar-refractivity contribution in [3.05, 3.63) is 52.2 Å². The molecule has 1 aliphatic rings. The minimum Gasteiger partial charge on any atom is -0.481 e. The van der Waals surface area contributed by atoms with Gasteiger partial charge in [0.1, 0.15) is 0 Å². The van der Waals surface area contributed by atoms with Crippen LogP contribution in [0.15, 0.2) is 41.8 Å². The predicted molar refractivity (Wildman–Crippen MR) is 90.4 cm³/mol. The second-order valence-corrected chi connectivity index (χ2v) is 8.53. The summed E-state index contributed by atoms with van der Waals surface area (Å²) >= 11 is 1.54. The van der Waals surface area contributed by atoms with Crippen LogP contribution < -0.4 is 4.72 Å². The summed E-state index contributed by atoms with van der Waals surface area (Å²) in [7, 11) is -3.39. The van der Waals surface area contributed by atoms with E-state index in [9.17, 15) is 13.2 Å². The molecule has 1 saturated carbocycles. The van der Waals surface area contributed by atoms with Crippen LogP contribution in [0.1, 0.15) is 22.8 Å². The summed E-state index contributed by atoms with van der Waals surface area (Å²) in [6.45, 7) is 0. The van der Waals surface area contributed by atoms with Crippen LogP contribution >= 0.6 is 11.3 Å². The van der Waals surface area contributed by atoms with E-state index in [0.29, 0.717) is 18.5 Å². The van der Waals surface area contributed by atoms with Crippen LogP contribution in [0.5, 0.6) is 0 Å². The van der Waals surface area contributed by atoms with Crippen LogP contribution in [-0.2, 0) is 21.2 Å². The third kappa shape index (κ3) is 4.11. The quantitative estimate of drug-likeness (QED) is 0.803. The monoisotopic (exact) mass is 351 g/mol. The second-order valence-electron chi connectivity index (χ2n) is 5.66. The highest BCUT2D eigenvalue weighted by molar-refractivity contribution is 7.92. The SMILES string of the molecule is O=C(O)[C@@H]1C[C@H]1c1ccc(NS(=O)(=O)CCc2cccs2)cc1. The Morgan fingerprint density at radius 2 is 2.00 bits per heavy atom. The molecule has 1 fully saturated rings. The van der Waals surface area contributed by atoms with Crippen molar-refractivity contribution in [3.63, 3.8) is 0 Å². The van der Waals surface area contributed by atoms with E-state index >= 15 is 0 Å². The molecular formula is C16H17NO4S2. The van der Waals surface area contributed by atoms with E-state index in [-0.39, 0.29) is 17.6 Å². The molecule has 23 heavy (non-hydrogen) atoms. The fourth-order valence-electron chi connectivity index (χ4n) is 2.56. The van der Waals surface area contributed by atoms with Gasteiger partial charge in [0, 0.05) is 10.6 Å². The number of aryl methyl sites for hydroxylation is 1. The molecule has 0 unspecified atom stereocenters. The molecular weight excluding hydrogens is 334 g/mol. The van der Waals surface area contributed by atoms with E-state index in [4.69, 9.17) is 5.11 Å². The lowest BCUT2D eigenvalue weighted by Crippen LogP contribution is -2.17. The van der Waals surface area contributed by atoms with Crippen LogP contribution in [-0.4, -0.2) is 25.2 Å². The van der Waals surface area contributed by atoms with Crippen LogP contribution in [0.4, 0.5) is 5.69 Å². The van der Waals surface area contributed by atoms with E-state index < -0.39 is 16.0 Å². The summed E-state index contributed by atoms with van der Waals surface area (Å²) < 4.78 is 26.7. The van der Waals surface area contributed by atoms with Gasteiger partial charge in [0.2, 0.25) is 10.0 Å². The molecule has 1 aliphatic carbocycles. The van der Waals surface area contributed by atoms with Gasteiger partial charge in [0.15, 0.2) is 0 Å². The van der Waals surface area contributed by atoms with Crippen molar-refractivity contribution in [3.8, 4) is 0 Å². The average molecular weight is 351 g/mol. The largest absolute Gasteiger partial charge is 0.481 e. The lowest BCUT2D eigenvalue weighted by molar-refractivity contribution is -0.138. The number of sulfonamides is 1. The number of nitrogens with one attached hydrogen (secondary N) is 1. The van der Waals surface area contributed by atoms with E-state index in [0.717, 1.165) is 10.4 Å². The summed E-state index contributed by atoms with van der Waals surface area (Å²) in [6.07, 6.45) is 1.15. The standard InChI is InChI=1S/C16H17NO4S2/c18-16(19)15-10-14(15)11-3-5-12(6-4-11)17-23(20,21)9-7-13-2-1-8-22-13/h1-6,8,14-15,17H,7,9-10H2,(H,18,19)/t14-,15+/m0/s1. The summed E-state index contributed by atoms with van der Waals surface area (Å²) in [5, 5.41) is 10.9. The molecule has 2 aromatic rings. The molecule has 3 rings (SSSR count). The number of carboxylic acid groups (broad SMARTS) is 1. The number of hydrogen-bond acceptors (Lipinski definition) is 4. The molecule has 7 heteroatoms. The van der Waals surface area contributed by atoms with Crippen LogP contribution in [0.3, 0.4) is 0 Å². The highest BCUT2D eigenvalue weighted by Gasteiger charge is 2.43. The van der Waals surface area contributed by atoms with E-state index in [1.165, 1.54) is 0 Å². The molecule has 0 aliphatic heterocycles. The molecule has 0 amide bonds. The first kappa shape index (κ1) is 16.0. The predicted octanol–water partition coefficient (Wildman–Crippen LogP) is 2.92. The normalized spacial score (nSPS) is 20.2. The van der Waals surface area contributed by atoms with Gasteiger partial charge in [-0.15, -0.1) is 11.3 Å². The summed E-state index contributed by atoms with van der Waals surface area (Å²) in [5.41, 5.74) is 1.45. The first-order valence-corrected chi connectivity index (χ1v) is 9.83. The van der Waals surface area contributed by atoms with Gasteiger partial charge in [-0.2, -0.15) is 0 Å². The number of hydrogen-bond donors (Lipinski definition) is 2. The minimum absolute atomic E-state index is 0.0407. The van der Waals surface area contributed by atoms with Gasteiger partial charge in [-0.1, -0.05) is 18.2 Å². The number of aliphatic carboxylic acids is 1. The molecule has 5 nitrogen and oxygen atoms in total. The van der Waals surface area contributed by atoms with Gasteiger partial charge in [-0.25, -0.2) is 8.42 Å². The minimum atomic E-state index is -3.39. The Morgan fingerprint density at radius 1 is 1.26 bits per heavy atom. The molecule has 0 bridgehead atoms. The maximum Gasteiger partial charge on any atom is 0.307 e. The van der Waals surface area contributed by atoms with Crippen molar-refractivity contribution in [1.29, 1.82) is 0 Å². The van der Waals surface area contributed by atoms with Crippen LogP contribution in [0.2, 0.25) is 0 Å². The third-order valence-corrected chi connectivity index (χ3v) is 6.14. The van der Waals surface area contributed by atoms with Crippen molar-refractivity contribution in [2.45, 2.75) is 18.8 Å². The second kappa shape index (κ2) is 6.33. The van der Waals surface area contributed by atoms with Crippen molar-refractivity contribution < 1.29 is 18.3 Å². The van der Waals surface area contributed by atoms with Crippen molar-refractivity contribution in [2.24, 2.45) is 5.92 Å². The smallest absolute Gasteiger partial charge is 0.307 e. The average Bonchev–Trinajstić information content (AvgIpc) is 3.14. The van der Waals surface area contributed by atoms with E-state index in [2.05, 4.69) is 4.72 Å². The Bertz CT molecular complexity index is 782. The molecule has 0 spiro atoms. The maximum absolute atomic E-state index is 12.1. The molecule has 1 heterocycles. The molecule has 1 aromatic carbocycles. The fourth-order valence-corrected chi connectivity index (χ4v) is 4.48. The number of carboxylic acids is 1. The summed E-state index contributed by atoms with van der Waals surface area (Å²) in [6, 6.07) is 10.8. The number of anilines is 1. The molecule has 1 aromatic heterocycles. The summed E-state index contributed by atoms with van der Waals surface area (Å²) in [5.74, 6) is -0.979. The van der Waals surface area contributed by atoms with Crippen molar-refractivity contribution in [2.75, 3.05) is 10.5 Å². The highest BCUT2D eigenvalue weighted by atomic mass is 32.2. The zero-order valence-corrected chi connectivity index (χ0v) is 13.9. The molecule has 2 N–H and O–H groups in total. The van der Waals surface area contributed by atoms with Crippen molar-refractivity contribution >= 4 is 33.0 Å². The molecule has 122 valence electrons. The molecule has 0 radical (unpaired) electrons. The number of carbonyl (C=O) groups is 1. The van der Waals surface area contributed by atoms with Gasteiger partial charge in [0.05, 0.1) is 11.7 Å². The summed E-state index contributed by atoms with van der Waals surface area (Å²) in [4.78, 5) is 11.9. The van der Waals surface area contributed by atoms with Crippen LogP contribution in [0.25, 0.3) is 0 Å². The number of benzene rings is 1.